The molecule has 2 nitrogen and oxygen atoms in total. The Bertz CT molecular complexity index is 5520. The van der Waals surface area contributed by atoms with Gasteiger partial charge in [-0.25, -0.2) is 0 Å². The maximum absolute atomic E-state index is 3.96. The van der Waals surface area contributed by atoms with Crippen LogP contribution in [-0.4, -0.2) is 0 Å². The third kappa shape index (κ3) is 12.4. The molecule has 0 bridgehead atoms. The first-order valence-corrected chi connectivity index (χ1v) is 39.0. The van der Waals surface area contributed by atoms with Crippen molar-refractivity contribution in [1.82, 2.24) is 0 Å². The van der Waals surface area contributed by atoms with Gasteiger partial charge in [-0.15, -0.1) is 23.5 Å². The molecular weight excluding hydrogens is 1340 g/mol. The second kappa shape index (κ2) is 29.3. The van der Waals surface area contributed by atoms with E-state index < -0.39 is 10.8 Å². The summed E-state index contributed by atoms with van der Waals surface area (Å²) in [6, 6.07) is 149. The smallest absolute Gasteiger partial charge is 0.0714 e. The van der Waals surface area contributed by atoms with Gasteiger partial charge < -0.3 is 9.80 Å². The quantitative estimate of drug-likeness (QED) is 0.0661. The Morgan fingerprint density at radius 3 is 0.824 bits per heavy atom. The number of hydrogen-bond acceptors (Lipinski definition) is 4. The molecule has 0 heterocycles. The molecule has 2 aliphatic rings. The number of anilines is 6. The second-order valence-corrected chi connectivity index (χ2v) is 30.0. The molecule has 0 saturated heterocycles. The molecule has 18 rings (SSSR count). The van der Waals surface area contributed by atoms with E-state index in [1.54, 1.807) is 0 Å². The molecule has 16 aromatic rings. The van der Waals surface area contributed by atoms with Gasteiger partial charge in [0.2, 0.25) is 0 Å². The summed E-state index contributed by atoms with van der Waals surface area (Å²) >= 11 is 3.74. The lowest BCUT2D eigenvalue weighted by Crippen LogP contribution is -2.28. The van der Waals surface area contributed by atoms with Crippen LogP contribution in [-0.2, 0) is 22.3 Å². The lowest BCUT2D eigenvalue weighted by atomic mass is 9.67. The van der Waals surface area contributed by atoms with Gasteiger partial charge in [0.05, 0.1) is 10.8 Å². The van der Waals surface area contributed by atoms with Crippen molar-refractivity contribution in [1.29, 1.82) is 0 Å². The van der Waals surface area contributed by atoms with E-state index in [1.807, 2.05) is 35.7 Å². The van der Waals surface area contributed by atoms with Crippen LogP contribution in [0.25, 0.3) is 67.8 Å². The zero-order chi connectivity index (χ0) is 72.4. The van der Waals surface area contributed by atoms with E-state index >= 15 is 0 Å². The predicted octanol–water partition coefficient (Wildman–Crippen LogP) is 28.2. The number of rotatable bonds is 21. The fourth-order valence-electron chi connectivity index (χ4n) is 16.6. The zero-order valence-electron chi connectivity index (χ0n) is 59.8. The van der Waals surface area contributed by atoms with Gasteiger partial charge in [0.15, 0.2) is 0 Å². The summed E-state index contributed by atoms with van der Waals surface area (Å²) in [4.78, 5) is 7.33. The van der Waals surface area contributed by atoms with Gasteiger partial charge in [0.25, 0.3) is 0 Å². The predicted molar refractivity (Wildman–Crippen MR) is 459 cm³/mol. The van der Waals surface area contributed by atoms with Crippen molar-refractivity contribution in [3.63, 3.8) is 0 Å². The van der Waals surface area contributed by atoms with E-state index in [1.165, 1.54) is 110 Å². The molecule has 0 fully saturated rings. The summed E-state index contributed by atoms with van der Waals surface area (Å²) in [7, 11) is 0. The summed E-state index contributed by atoms with van der Waals surface area (Å²) in [5.74, 6) is 1.76. The molecular formula is C104H76N2S2. The van der Waals surface area contributed by atoms with Crippen LogP contribution in [0.4, 0.5) is 34.1 Å². The van der Waals surface area contributed by atoms with Crippen LogP contribution in [0.5, 0.6) is 0 Å². The fourth-order valence-corrected chi connectivity index (χ4v) is 18.3. The highest BCUT2D eigenvalue weighted by Gasteiger charge is 2.48. The van der Waals surface area contributed by atoms with Crippen LogP contribution in [0.3, 0.4) is 0 Å². The molecule has 16 aromatic carbocycles. The minimum atomic E-state index is -0.612. The summed E-state index contributed by atoms with van der Waals surface area (Å²) < 4.78 is 0. The van der Waals surface area contributed by atoms with Crippen LogP contribution in [0.2, 0.25) is 0 Å². The van der Waals surface area contributed by atoms with E-state index in [4.69, 9.17) is 0 Å². The Labute approximate surface area is 643 Å². The molecule has 2 atom stereocenters. The fraction of sp³-hybridized carbons (Fsp3) is 0.0385. The van der Waals surface area contributed by atoms with Crippen molar-refractivity contribution in [2.24, 2.45) is 0 Å². The summed E-state index contributed by atoms with van der Waals surface area (Å²) in [6.45, 7) is 7.92. The Morgan fingerprint density at radius 2 is 0.500 bits per heavy atom. The Hall–Kier alpha value is -12.7. The van der Waals surface area contributed by atoms with Crippen LogP contribution < -0.4 is 9.80 Å². The largest absolute Gasteiger partial charge is 0.310 e. The van der Waals surface area contributed by atoms with E-state index in [2.05, 4.69) is 423 Å². The SMILES string of the molecule is C=Cc1ccc(CSc2ccc(C3(c4ccccc4)c4ccccc4-c4ccc(N(c5ccc(-c6ccccc6)cc5)c5ccc(-c6ccc(N(c7ccc(-c8ccccc8)cc7)c7ccc8c(c7)C(c7ccccc7)(c7ccc(SCc9ccc(C=C)cc9)cc7)c7ccccc7-8)cc6)cc5)cc43)cc2)cc1. The first-order chi connectivity index (χ1) is 53.4. The molecule has 0 spiro atoms. The molecule has 2 unspecified atom stereocenters. The molecule has 0 aromatic heterocycles. The normalized spacial score (nSPS) is 14.4. The first-order valence-electron chi connectivity index (χ1n) is 37.0. The summed E-state index contributed by atoms with van der Waals surface area (Å²) in [5, 5.41) is 0. The number of hydrogen-bond donors (Lipinski definition) is 0. The second-order valence-electron chi connectivity index (χ2n) is 27.9. The maximum Gasteiger partial charge on any atom is 0.0714 e. The van der Waals surface area contributed by atoms with Crippen LogP contribution in [0.1, 0.15) is 66.8 Å². The van der Waals surface area contributed by atoms with E-state index in [-0.39, 0.29) is 0 Å². The molecule has 0 aliphatic heterocycles. The molecule has 0 amide bonds. The lowest BCUT2D eigenvalue weighted by molar-refractivity contribution is 0.767. The highest BCUT2D eigenvalue weighted by atomic mass is 32.2. The third-order valence-electron chi connectivity index (χ3n) is 21.9. The van der Waals surface area contributed by atoms with Crippen molar-refractivity contribution >= 4 is 69.8 Å². The van der Waals surface area contributed by atoms with Crippen molar-refractivity contribution in [3.05, 3.63) is 480 Å². The molecule has 108 heavy (non-hydrogen) atoms. The van der Waals surface area contributed by atoms with E-state index in [0.29, 0.717) is 0 Å². The minimum absolute atomic E-state index is 0.612. The number of fused-ring (bicyclic) bond motifs is 6. The number of thioether (sulfide) groups is 2. The van der Waals surface area contributed by atoms with E-state index in [9.17, 15) is 0 Å². The van der Waals surface area contributed by atoms with Gasteiger partial charge in [-0.1, -0.05) is 329 Å². The molecule has 4 heteroatoms. The standard InChI is InChI=1S/C104H76N2S2/c1-3-73-33-37-75(38-34-73)71-107-93-63-49-85(50-64-93)103(83-25-13-7-14-26-83)99-31-19-17-29-95(99)97-67-61-91(69-101(97)103)105(87-53-41-79(42-54-87)77-21-9-5-10-22-77)89-57-45-81(46-58-89)82-47-59-90(60-48-82)106(88-55-43-80(44-56-88)78-23-11-6-12-24-78)92-62-68-98-96-30-18-20-32-100(96)104(102(98)70-92,84-27-15-8-16-28-84)86-51-65-94(66-52-86)108-72-76-39-35-74(4-2)36-40-76/h3-70H,1-2,71-72H2. The third-order valence-corrected chi connectivity index (χ3v) is 24.0. The zero-order valence-corrected chi connectivity index (χ0v) is 61.4. The van der Waals surface area contributed by atoms with Gasteiger partial charge in [-0.2, -0.15) is 0 Å². The molecule has 0 N–H and O–H groups in total. The van der Waals surface area contributed by atoms with E-state index in [0.717, 1.165) is 67.9 Å². The monoisotopic (exact) mass is 1420 g/mol. The Balaban J connectivity index is 0.717. The lowest BCUT2D eigenvalue weighted by Gasteiger charge is -2.35. The van der Waals surface area contributed by atoms with Crippen molar-refractivity contribution in [3.8, 4) is 55.6 Å². The number of benzene rings is 16. The molecule has 514 valence electrons. The highest BCUT2D eigenvalue weighted by Crippen LogP contribution is 2.60. The van der Waals surface area contributed by atoms with Gasteiger partial charge in [-0.05, 0) is 219 Å². The number of nitrogens with zero attached hydrogens (tertiary/aromatic N) is 2. The Morgan fingerprint density at radius 1 is 0.231 bits per heavy atom. The topological polar surface area (TPSA) is 6.48 Å². The summed E-state index contributed by atoms with van der Waals surface area (Å²) in [5.41, 5.74) is 31.9. The van der Waals surface area contributed by atoms with Crippen molar-refractivity contribution < 1.29 is 0 Å². The van der Waals surface area contributed by atoms with Crippen molar-refractivity contribution in [2.45, 2.75) is 32.1 Å². The van der Waals surface area contributed by atoms with Crippen LogP contribution in [0.15, 0.2) is 423 Å². The molecule has 2 aliphatic carbocycles. The first kappa shape index (κ1) is 67.2. The van der Waals surface area contributed by atoms with Crippen LogP contribution in [0, 0.1) is 0 Å². The minimum Gasteiger partial charge on any atom is -0.310 e. The van der Waals surface area contributed by atoms with Crippen LogP contribution >= 0.6 is 23.5 Å². The van der Waals surface area contributed by atoms with Gasteiger partial charge in [0.1, 0.15) is 0 Å². The van der Waals surface area contributed by atoms with Crippen molar-refractivity contribution in [2.75, 3.05) is 9.80 Å². The Kier molecular flexibility index (Phi) is 18.2. The molecule has 0 saturated carbocycles. The average Bonchev–Trinajstić information content (AvgIpc) is 1.54. The highest BCUT2D eigenvalue weighted by molar-refractivity contribution is 7.98. The van der Waals surface area contributed by atoms with Gasteiger partial charge in [0, 0.05) is 55.4 Å². The van der Waals surface area contributed by atoms with Gasteiger partial charge in [-0.3, -0.25) is 0 Å². The summed E-state index contributed by atoms with van der Waals surface area (Å²) in [6.07, 6.45) is 3.80. The van der Waals surface area contributed by atoms with Gasteiger partial charge >= 0.3 is 0 Å². The average molecular weight is 1420 g/mol. The molecule has 0 radical (unpaired) electrons. The maximum atomic E-state index is 3.96.